The summed E-state index contributed by atoms with van der Waals surface area (Å²) in [6, 6.07) is 15.6. The van der Waals surface area contributed by atoms with Crippen molar-refractivity contribution in [2.75, 3.05) is 7.11 Å². The molecule has 4 nitrogen and oxygen atoms in total. The number of hydrogen-bond donors (Lipinski definition) is 2. The Morgan fingerprint density at radius 2 is 1.86 bits per heavy atom. The largest absolute Gasteiger partial charge is 0.456 e. The Kier molecular flexibility index (Phi) is 3.78. The molecule has 1 atom stereocenters. The molecule has 22 heavy (non-hydrogen) atoms. The lowest BCUT2D eigenvalue weighted by Gasteiger charge is -2.20. The number of thiol groups is 1. The minimum atomic E-state index is -1.75. The molecule has 0 amide bonds. The van der Waals surface area contributed by atoms with Gasteiger partial charge in [-0.05, 0) is 18.2 Å². The third-order valence-corrected chi connectivity index (χ3v) is 3.89. The van der Waals surface area contributed by atoms with Crippen LogP contribution in [-0.2, 0) is 9.86 Å². The van der Waals surface area contributed by atoms with Crippen LogP contribution < -0.4 is 5.43 Å². The number of ether oxygens (including phenoxy) is 1. The third kappa shape index (κ3) is 2.66. The van der Waals surface area contributed by atoms with Crippen LogP contribution in [0, 0.1) is 0 Å². The fourth-order valence-corrected chi connectivity index (χ4v) is 2.36. The van der Waals surface area contributed by atoms with Gasteiger partial charge >= 0.3 is 0 Å². The Morgan fingerprint density at radius 3 is 2.55 bits per heavy atom. The van der Waals surface area contributed by atoms with Crippen LogP contribution in [0.1, 0.15) is 5.56 Å². The topological polar surface area (TPSA) is 59.7 Å². The van der Waals surface area contributed by atoms with E-state index in [1.807, 2.05) is 30.3 Å². The van der Waals surface area contributed by atoms with Gasteiger partial charge in [0.1, 0.15) is 11.3 Å². The zero-order valence-electron chi connectivity index (χ0n) is 11.8. The maximum absolute atomic E-state index is 12.3. The predicted octanol–water partition coefficient (Wildman–Crippen LogP) is 3.14. The normalized spacial score (nSPS) is 14.0. The first-order valence-electron chi connectivity index (χ1n) is 6.65. The summed E-state index contributed by atoms with van der Waals surface area (Å²) in [5.74, 6) is 0.499. The Bertz CT molecular complexity index is 869. The molecule has 0 radical (unpaired) electrons. The lowest BCUT2D eigenvalue weighted by Crippen LogP contribution is -2.20. The van der Waals surface area contributed by atoms with E-state index in [1.165, 1.54) is 19.2 Å². The quantitative estimate of drug-likeness (QED) is 0.576. The van der Waals surface area contributed by atoms with Gasteiger partial charge in [0.25, 0.3) is 0 Å². The van der Waals surface area contributed by atoms with Crippen LogP contribution in [0.3, 0.4) is 0 Å². The minimum Gasteiger partial charge on any atom is -0.456 e. The molecule has 0 saturated heterocycles. The van der Waals surface area contributed by atoms with E-state index in [1.54, 1.807) is 12.1 Å². The summed E-state index contributed by atoms with van der Waals surface area (Å²) in [6.45, 7) is 0. The standard InChI is InChI=1S/C17H14O4S/c1-20-17(19,22)12-7-8-15-13(9-12)14(18)10-16(21-15)11-5-3-2-4-6-11/h2-10,19,22H,1H3. The molecule has 1 heterocycles. The molecule has 2 aromatic carbocycles. The number of benzene rings is 2. The van der Waals surface area contributed by atoms with Crippen molar-refractivity contribution in [3.63, 3.8) is 0 Å². The maximum Gasteiger partial charge on any atom is 0.240 e. The lowest BCUT2D eigenvalue weighted by molar-refractivity contribution is -0.111. The summed E-state index contributed by atoms with van der Waals surface area (Å²) in [4.78, 5) is 12.3. The Morgan fingerprint density at radius 1 is 1.14 bits per heavy atom. The Balaban J connectivity index is 2.18. The molecule has 0 saturated carbocycles. The molecule has 1 aromatic heterocycles. The van der Waals surface area contributed by atoms with Crippen LogP contribution in [0.2, 0.25) is 0 Å². The number of fused-ring (bicyclic) bond motifs is 1. The number of hydrogen-bond acceptors (Lipinski definition) is 5. The second-order valence-electron chi connectivity index (χ2n) is 4.86. The van der Waals surface area contributed by atoms with Gasteiger partial charge < -0.3 is 14.3 Å². The van der Waals surface area contributed by atoms with Crippen LogP contribution in [0.5, 0.6) is 0 Å². The molecular weight excluding hydrogens is 300 g/mol. The van der Waals surface area contributed by atoms with Crippen molar-refractivity contribution < 1.29 is 14.3 Å². The van der Waals surface area contributed by atoms with E-state index in [0.717, 1.165) is 5.56 Å². The van der Waals surface area contributed by atoms with Crippen molar-refractivity contribution in [1.82, 2.24) is 0 Å². The first kappa shape index (κ1) is 14.8. The van der Waals surface area contributed by atoms with Gasteiger partial charge in [-0.1, -0.05) is 30.3 Å². The zero-order chi connectivity index (χ0) is 15.7. The molecule has 0 spiro atoms. The first-order chi connectivity index (χ1) is 10.5. The molecule has 1 N–H and O–H groups in total. The van der Waals surface area contributed by atoms with E-state index in [0.29, 0.717) is 22.3 Å². The molecule has 0 bridgehead atoms. The third-order valence-electron chi connectivity index (χ3n) is 3.45. The van der Waals surface area contributed by atoms with Crippen LogP contribution in [0.15, 0.2) is 63.8 Å². The van der Waals surface area contributed by atoms with Crippen molar-refractivity contribution >= 4 is 23.6 Å². The molecule has 112 valence electrons. The first-order valence-corrected chi connectivity index (χ1v) is 7.10. The van der Waals surface area contributed by atoms with Gasteiger partial charge in [0.2, 0.25) is 5.12 Å². The number of aliphatic hydroxyl groups is 1. The molecule has 0 aliphatic carbocycles. The van der Waals surface area contributed by atoms with E-state index in [9.17, 15) is 9.90 Å². The van der Waals surface area contributed by atoms with Crippen LogP contribution in [0.4, 0.5) is 0 Å². The highest BCUT2D eigenvalue weighted by atomic mass is 32.1. The van der Waals surface area contributed by atoms with E-state index in [2.05, 4.69) is 12.6 Å². The van der Waals surface area contributed by atoms with Crippen molar-refractivity contribution in [2.45, 2.75) is 5.12 Å². The molecule has 5 heteroatoms. The molecule has 3 aromatic rings. The zero-order valence-corrected chi connectivity index (χ0v) is 12.7. The van der Waals surface area contributed by atoms with E-state index in [-0.39, 0.29) is 5.43 Å². The second kappa shape index (κ2) is 5.61. The highest BCUT2D eigenvalue weighted by Gasteiger charge is 2.24. The maximum atomic E-state index is 12.3. The molecule has 0 aliphatic heterocycles. The average Bonchev–Trinajstić information content (AvgIpc) is 2.55. The summed E-state index contributed by atoms with van der Waals surface area (Å²) >= 11 is 4.01. The van der Waals surface area contributed by atoms with E-state index in [4.69, 9.17) is 9.15 Å². The lowest BCUT2D eigenvalue weighted by atomic mass is 10.1. The number of rotatable bonds is 3. The van der Waals surface area contributed by atoms with Gasteiger partial charge in [0.05, 0.1) is 5.39 Å². The van der Waals surface area contributed by atoms with Crippen molar-refractivity contribution in [3.05, 3.63) is 70.4 Å². The summed E-state index contributed by atoms with van der Waals surface area (Å²) < 4.78 is 10.7. The van der Waals surface area contributed by atoms with Crippen molar-refractivity contribution in [3.8, 4) is 11.3 Å². The highest BCUT2D eigenvalue weighted by molar-refractivity contribution is 7.80. The summed E-state index contributed by atoms with van der Waals surface area (Å²) in [6.07, 6.45) is 0. The van der Waals surface area contributed by atoms with Gasteiger partial charge in [-0.25, -0.2) is 0 Å². The van der Waals surface area contributed by atoms with Gasteiger partial charge in [0.15, 0.2) is 5.43 Å². The van der Waals surface area contributed by atoms with Crippen LogP contribution in [0.25, 0.3) is 22.3 Å². The predicted molar refractivity (Wildman–Crippen MR) is 87.8 cm³/mol. The fraction of sp³-hybridized carbons (Fsp3) is 0.118. The van der Waals surface area contributed by atoms with Crippen LogP contribution in [-0.4, -0.2) is 12.2 Å². The summed E-state index contributed by atoms with van der Waals surface area (Å²) in [5, 5.41) is 8.60. The van der Waals surface area contributed by atoms with Gasteiger partial charge in [0, 0.05) is 24.3 Å². The van der Waals surface area contributed by atoms with Gasteiger partial charge in [-0.15, -0.1) is 12.6 Å². The Hall–Kier alpha value is -2.08. The van der Waals surface area contributed by atoms with Crippen molar-refractivity contribution in [2.24, 2.45) is 0 Å². The van der Waals surface area contributed by atoms with E-state index < -0.39 is 5.12 Å². The average molecular weight is 314 g/mol. The SMILES string of the molecule is COC(O)(S)c1ccc2oc(-c3ccccc3)cc(=O)c2c1. The van der Waals surface area contributed by atoms with E-state index >= 15 is 0 Å². The molecule has 0 fully saturated rings. The molecule has 0 aliphatic rings. The minimum absolute atomic E-state index is 0.192. The fourth-order valence-electron chi connectivity index (χ4n) is 2.22. The summed E-state index contributed by atoms with van der Waals surface area (Å²) in [7, 11) is 1.33. The monoisotopic (exact) mass is 314 g/mol. The second-order valence-corrected chi connectivity index (χ2v) is 5.47. The van der Waals surface area contributed by atoms with Crippen molar-refractivity contribution in [1.29, 1.82) is 0 Å². The van der Waals surface area contributed by atoms with Gasteiger partial charge in [-0.2, -0.15) is 0 Å². The smallest absolute Gasteiger partial charge is 0.240 e. The highest BCUT2D eigenvalue weighted by Crippen LogP contribution is 2.29. The molecular formula is C17H14O4S. The molecule has 3 rings (SSSR count). The summed E-state index contributed by atoms with van der Waals surface area (Å²) in [5.41, 5.74) is 1.44. The van der Waals surface area contributed by atoms with Crippen LogP contribution >= 0.6 is 12.6 Å². The molecule has 1 unspecified atom stereocenters. The van der Waals surface area contributed by atoms with Gasteiger partial charge in [-0.3, -0.25) is 4.79 Å². The Labute approximate surface area is 132 Å². The number of methoxy groups -OCH3 is 1.